The van der Waals surface area contributed by atoms with Crippen LogP contribution in [0.15, 0.2) is 5.10 Å². The fraction of sp³-hybridized carbons (Fsp3) is 0.778. The predicted octanol–water partition coefficient (Wildman–Crippen LogP) is -0.213. The molecule has 2 unspecified atom stereocenters. The number of nitrogens with zero attached hydrogens (tertiary/aromatic N) is 2. The Morgan fingerprint density at radius 2 is 2.43 bits per heavy atom. The summed E-state index contributed by atoms with van der Waals surface area (Å²) in [7, 11) is 3.27. The first-order valence-corrected chi connectivity index (χ1v) is 4.87. The Kier molecular flexibility index (Phi) is 2.41. The van der Waals surface area contributed by atoms with Crippen molar-refractivity contribution in [2.45, 2.75) is 18.9 Å². The first kappa shape index (κ1) is 9.45. The van der Waals surface area contributed by atoms with E-state index in [4.69, 9.17) is 4.74 Å². The smallest absolute Gasteiger partial charge is 0.247 e. The van der Waals surface area contributed by atoms with Crippen LogP contribution in [0, 0.1) is 5.92 Å². The van der Waals surface area contributed by atoms with E-state index in [1.807, 2.05) is 0 Å². The third-order valence-electron chi connectivity index (χ3n) is 2.82. The minimum Gasteiger partial charge on any atom is -0.482 e. The fourth-order valence-corrected chi connectivity index (χ4v) is 2.08. The summed E-state index contributed by atoms with van der Waals surface area (Å²) in [6.07, 6.45) is 1.96. The summed E-state index contributed by atoms with van der Waals surface area (Å²) in [5.41, 5.74) is 0. The Labute approximate surface area is 83.1 Å². The SMILES string of the molecule is COC1=NN(C)C(=O)C2CCCNC12. The molecule has 0 aromatic carbocycles. The number of hydrogen-bond donors (Lipinski definition) is 1. The quantitative estimate of drug-likeness (QED) is 0.584. The van der Waals surface area contributed by atoms with Gasteiger partial charge in [-0.3, -0.25) is 4.79 Å². The van der Waals surface area contributed by atoms with Gasteiger partial charge in [-0.1, -0.05) is 0 Å². The molecular formula is C9H15N3O2. The molecule has 2 aliphatic rings. The first-order chi connectivity index (χ1) is 6.74. The number of piperidine rings is 1. The largest absolute Gasteiger partial charge is 0.482 e. The summed E-state index contributed by atoms with van der Waals surface area (Å²) in [6.45, 7) is 0.931. The second kappa shape index (κ2) is 3.57. The third kappa shape index (κ3) is 1.37. The number of hydrogen-bond acceptors (Lipinski definition) is 4. The van der Waals surface area contributed by atoms with Gasteiger partial charge in [0.2, 0.25) is 11.8 Å². The van der Waals surface area contributed by atoms with Crippen LogP contribution in [0.25, 0.3) is 0 Å². The highest BCUT2D eigenvalue weighted by Gasteiger charge is 2.40. The number of ether oxygens (including phenoxy) is 1. The van der Waals surface area contributed by atoms with E-state index in [9.17, 15) is 4.79 Å². The van der Waals surface area contributed by atoms with Gasteiger partial charge in [-0.2, -0.15) is 0 Å². The van der Waals surface area contributed by atoms with Gasteiger partial charge >= 0.3 is 0 Å². The molecule has 1 fully saturated rings. The van der Waals surface area contributed by atoms with Crippen LogP contribution in [-0.4, -0.2) is 43.6 Å². The highest BCUT2D eigenvalue weighted by molar-refractivity contribution is 5.94. The molecule has 5 nitrogen and oxygen atoms in total. The van der Waals surface area contributed by atoms with Crippen molar-refractivity contribution < 1.29 is 9.53 Å². The number of fused-ring (bicyclic) bond motifs is 1. The van der Waals surface area contributed by atoms with Crippen molar-refractivity contribution in [1.29, 1.82) is 0 Å². The zero-order valence-corrected chi connectivity index (χ0v) is 8.49. The van der Waals surface area contributed by atoms with Crippen LogP contribution >= 0.6 is 0 Å². The molecule has 1 saturated heterocycles. The highest BCUT2D eigenvalue weighted by Crippen LogP contribution is 2.23. The van der Waals surface area contributed by atoms with Crippen molar-refractivity contribution >= 4 is 11.8 Å². The maximum Gasteiger partial charge on any atom is 0.247 e. The van der Waals surface area contributed by atoms with E-state index in [0.717, 1.165) is 19.4 Å². The maximum absolute atomic E-state index is 11.7. The van der Waals surface area contributed by atoms with Gasteiger partial charge in [0, 0.05) is 7.05 Å². The number of hydrazone groups is 1. The zero-order valence-electron chi connectivity index (χ0n) is 8.49. The Hall–Kier alpha value is -1.10. The van der Waals surface area contributed by atoms with Crippen LogP contribution in [0.2, 0.25) is 0 Å². The van der Waals surface area contributed by atoms with Gasteiger partial charge in [-0.05, 0) is 19.4 Å². The molecule has 0 aromatic rings. The molecule has 2 heterocycles. The van der Waals surface area contributed by atoms with Crippen molar-refractivity contribution in [2.75, 3.05) is 20.7 Å². The number of nitrogens with one attached hydrogen (secondary N) is 1. The molecule has 0 saturated carbocycles. The summed E-state index contributed by atoms with van der Waals surface area (Å²) >= 11 is 0. The van der Waals surface area contributed by atoms with Crippen LogP contribution in [0.5, 0.6) is 0 Å². The van der Waals surface area contributed by atoms with Crippen molar-refractivity contribution in [3.63, 3.8) is 0 Å². The van der Waals surface area contributed by atoms with E-state index in [2.05, 4.69) is 10.4 Å². The normalized spacial score (nSPS) is 32.3. The fourth-order valence-electron chi connectivity index (χ4n) is 2.08. The summed E-state index contributed by atoms with van der Waals surface area (Å²) in [6, 6.07) is -0.0163. The van der Waals surface area contributed by atoms with Crippen LogP contribution in [-0.2, 0) is 9.53 Å². The standard InChI is InChI=1S/C9H15N3O2/c1-12-9(13)6-4-3-5-10-7(6)8(11-12)14-2/h6-7,10H,3-5H2,1-2H3. The van der Waals surface area contributed by atoms with Gasteiger partial charge in [-0.25, -0.2) is 5.01 Å². The molecule has 1 N–H and O–H groups in total. The van der Waals surface area contributed by atoms with Crippen LogP contribution in [0.3, 0.4) is 0 Å². The topological polar surface area (TPSA) is 53.9 Å². The summed E-state index contributed by atoms with van der Waals surface area (Å²) in [4.78, 5) is 11.7. The molecular weight excluding hydrogens is 182 g/mol. The van der Waals surface area contributed by atoms with Crippen molar-refractivity contribution in [3.05, 3.63) is 0 Å². The van der Waals surface area contributed by atoms with Gasteiger partial charge in [0.15, 0.2) is 0 Å². The average Bonchev–Trinajstić information content (AvgIpc) is 2.23. The molecule has 78 valence electrons. The van der Waals surface area contributed by atoms with Gasteiger partial charge in [-0.15, -0.1) is 5.10 Å². The Balaban J connectivity index is 2.27. The summed E-state index contributed by atoms with van der Waals surface area (Å²) in [5.74, 6) is 0.709. The third-order valence-corrected chi connectivity index (χ3v) is 2.82. The van der Waals surface area contributed by atoms with Crippen molar-refractivity contribution in [1.82, 2.24) is 10.3 Å². The molecule has 2 rings (SSSR count). The monoisotopic (exact) mass is 197 g/mol. The van der Waals surface area contributed by atoms with E-state index >= 15 is 0 Å². The molecule has 2 aliphatic heterocycles. The van der Waals surface area contributed by atoms with Gasteiger partial charge < -0.3 is 10.1 Å². The minimum atomic E-state index is -0.0163. The molecule has 0 aromatic heterocycles. The average molecular weight is 197 g/mol. The molecule has 0 aliphatic carbocycles. The van der Waals surface area contributed by atoms with E-state index < -0.39 is 0 Å². The van der Waals surface area contributed by atoms with Gasteiger partial charge in [0.25, 0.3) is 0 Å². The lowest BCUT2D eigenvalue weighted by Crippen LogP contribution is -2.56. The summed E-state index contributed by atoms with van der Waals surface area (Å²) < 4.78 is 5.17. The predicted molar refractivity (Wildman–Crippen MR) is 51.7 cm³/mol. The van der Waals surface area contributed by atoms with E-state index in [-0.39, 0.29) is 17.9 Å². The number of methoxy groups -OCH3 is 1. The number of carbonyl (C=O) groups is 1. The lowest BCUT2D eigenvalue weighted by atomic mass is 9.89. The number of amides is 1. The minimum absolute atomic E-state index is 0.00111. The number of rotatable bonds is 0. The van der Waals surface area contributed by atoms with Crippen molar-refractivity contribution in [2.24, 2.45) is 11.0 Å². The van der Waals surface area contributed by atoms with Crippen molar-refractivity contribution in [3.8, 4) is 0 Å². The zero-order chi connectivity index (χ0) is 10.1. The molecule has 0 bridgehead atoms. The molecule has 14 heavy (non-hydrogen) atoms. The maximum atomic E-state index is 11.7. The molecule has 0 spiro atoms. The Morgan fingerprint density at radius 3 is 3.14 bits per heavy atom. The second-order valence-electron chi connectivity index (χ2n) is 3.68. The lowest BCUT2D eigenvalue weighted by molar-refractivity contribution is -0.136. The number of carbonyl (C=O) groups excluding carboxylic acids is 1. The van der Waals surface area contributed by atoms with Crippen LogP contribution < -0.4 is 5.32 Å². The van der Waals surface area contributed by atoms with E-state index in [1.165, 1.54) is 5.01 Å². The van der Waals surface area contributed by atoms with E-state index in [0.29, 0.717) is 5.90 Å². The Morgan fingerprint density at radius 1 is 1.64 bits per heavy atom. The van der Waals surface area contributed by atoms with Crippen LogP contribution in [0.1, 0.15) is 12.8 Å². The molecule has 0 radical (unpaired) electrons. The van der Waals surface area contributed by atoms with E-state index in [1.54, 1.807) is 14.2 Å². The Bertz CT molecular complexity index is 277. The lowest BCUT2D eigenvalue weighted by Gasteiger charge is -2.36. The molecule has 1 amide bonds. The molecule has 5 heteroatoms. The van der Waals surface area contributed by atoms with Gasteiger partial charge in [0.05, 0.1) is 19.1 Å². The highest BCUT2D eigenvalue weighted by atomic mass is 16.5. The van der Waals surface area contributed by atoms with Crippen LogP contribution in [0.4, 0.5) is 0 Å². The first-order valence-electron chi connectivity index (χ1n) is 4.87. The molecule has 2 atom stereocenters. The second-order valence-corrected chi connectivity index (χ2v) is 3.68. The summed E-state index contributed by atoms with van der Waals surface area (Å²) in [5, 5.41) is 8.73. The van der Waals surface area contributed by atoms with Gasteiger partial charge in [0.1, 0.15) is 0 Å².